The SMILES string of the molecule is CC(C)C(C=N)=CC(N)=NC1=CC=C2NC=C(C(C=NC(C)c3ccccn3)=CN)C=C2N1. The van der Waals surface area contributed by atoms with Crippen molar-refractivity contribution < 1.29 is 0 Å². The first-order valence-corrected chi connectivity index (χ1v) is 10.7. The molecule has 33 heavy (non-hydrogen) atoms. The van der Waals surface area contributed by atoms with Crippen LogP contribution in [0.2, 0.25) is 0 Å². The molecule has 1 atom stereocenters. The molecule has 3 rings (SSSR count). The zero-order valence-electron chi connectivity index (χ0n) is 19.1. The molecule has 8 heteroatoms. The molecule has 3 heterocycles. The summed E-state index contributed by atoms with van der Waals surface area (Å²) in [6, 6.07) is 5.68. The minimum atomic E-state index is -0.0918. The van der Waals surface area contributed by atoms with Gasteiger partial charge >= 0.3 is 0 Å². The Morgan fingerprint density at radius 2 is 2.00 bits per heavy atom. The molecule has 0 bridgehead atoms. The highest BCUT2D eigenvalue weighted by Gasteiger charge is 2.16. The summed E-state index contributed by atoms with van der Waals surface area (Å²) in [5, 5.41) is 14.1. The zero-order chi connectivity index (χ0) is 23.8. The monoisotopic (exact) mass is 442 g/mol. The first kappa shape index (κ1) is 23.5. The fraction of sp³-hybridized carbons (Fsp3) is 0.200. The molecule has 0 aromatic carbocycles. The second kappa shape index (κ2) is 10.9. The lowest BCUT2D eigenvalue weighted by atomic mass is 10.0. The third-order valence-corrected chi connectivity index (χ3v) is 5.11. The van der Waals surface area contributed by atoms with Crippen LogP contribution in [0, 0.1) is 11.3 Å². The van der Waals surface area contributed by atoms with Crippen LogP contribution in [0.25, 0.3) is 0 Å². The van der Waals surface area contributed by atoms with E-state index in [9.17, 15) is 0 Å². The van der Waals surface area contributed by atoms with Gasteiger partial charge in [-0.25, -0.2) is 4.99 Å². The first-order valence-electron chi connectivity index (χ1n) is 10.7. The molecule has 0 radical (unpaired) electrons. The summed E-state index contributed by atoms with van der Waals surface area (Å²) in [6.07, 6.45) is 15.7. The van der Waals surface area contributed by atoms with Crippen LogP contribution in [-0.4, -0.2) is 23.2 Å². The Labute approximate surface area is 194 Å². The highest BCUT2D eigenvalue weighted by Crippen LogP contribution is 2.23. The number of pyridine rings is 1. The summed E-state index contributed by atoms with van der Waals surface area (Å²) < 4.78 is 0. The largest absolute Gasteiger partial charge is 0.404 e. The smallest absolute Gasteiger partial charge is 0.132 e. The van der Waals surface area contributed by atoms with Crippen molar-refractivity contribution in [2.45, 2.75) is 26.8 Å². The minimum Gasteiger partial charge on any atom is -0.404 e. The van der Waals surface area contributed by atoms with Gasteiger partial charge in [-0.05, 0) is 54.9 Å². The topological polar surface area (TPSA) is 138 Å². The Bertz CT molecular complexity index is 1130. The predicted molar refractivity (Wildman–Crippen MR) is 135 cm³/mol. The number of aromatic nitrogens is 1. The van der Waals surface area contributed by atoms with E-state index in [1.807, 2.05) is 63.4 Å². The molecule has 1 aromatic heterocycles. The number of nitrogens with two attached hydrogens (primary N) is 2. The fourth-order valence-electron chi connectivity index (χ4n) is 3.15. The number of amidine groups is 1. The number of fused-ring (bicyclic) bond motifs is 1. The van der Waals surface area contributed by atoms with Gasteiger partial charge in [0.25, 0.3) is 0 Å². The molecule has 1 unspecified atom stereocenters. The summed E-state index contributed by atoms with van der Waals surface area (Å²) in [6.45, 7) is 6.00. The third-order valence-electron chi connectivity index (χ3n) is 5.11. The van der Waals surface area contributed by atoms with Crippen molar-refractivity contribution in [1.29, 1.82) is 5.41 Å². The van der Waals surface area contributed by atoms with E-state index < -0.39 is 0 Å². The standard InChI is InChI=1S/C25H30N8/c1-16(2)18(12-26)11-24(28)33-25-8-7-22-23(32-25)10-19(14-31-22)20(13-27)15-30-17(3)21-6-4-5-9-29-21/h4-17,26,31-32H,27H2,1-3H3,(H2,28,33). The van der Waals surface area contributed by atoms with Crippen molar-refractivity contribution in [2.75, 3.05) is 0 Å². The van der Waals surface area contributed by atoms with Gasteiger partial charge in [0.2, 0.25) is 0 Å². The van der Waals surface area contributed by atoms with Crippen LogP contribution in [-0.2, 0) is 0 Å². The van der Waals surface area contributed by atoms with Crippen molar-refractivity contribution in [2.24, 2.45) is 27.4 Å². The van der Waals surface area contributed by atoms with Gasteiger partial charge in [0.1, 0.15) is 11.7 Å². The lowest BCUT2D eigenvalue weighted by molar-refractivity contribution is 0.787. The van der Waals surface area contributed by atoms with Gasteiger partial charge in [-0.1, -0.05) is 19.9 Å². The van der Waals surface area contributed by atoms with Crippen LogP contribution in [0.4, 0.5) is 0 Å². The van der Waals surface area contributed by atoms with Crippen molar-refractivity contribution >= 4 is 18.3 Å². The van der Waals surface area contributed by atoms with Gasteiger partial charge in [0.05, 0.1) is 23.1 Å². The Kier molecular flexibility index (Phi) is 7.75. The number of rotatable bonds is 8. The summed E-state index contributed by atoms with van der Waals surface area (Å²) in [5.41, 5.74) is 17.1. The van der Waals surface area contributed by atoms with E-state index in [4.69, 9.17) is 16.9 Å². The summed E-state index contributed by atoms with van der Waals surface area (Å²) >= 11 is 0. The molecule has 7 N–H and O–H groups in total. The molecular formula is C25H30N8. The van der Waals surface area contributed by atoms with Crippen molar-refractivity contribution in [1.82, 2.24) is 15.6 Å². The van der Waals surface area contributed by atoms with E-state index >= 15 is 0 Å². The maximum absolute atomic E-state index is 7.52. The molecule has 2 aliphatic rings. The van der Waals surface area contributed by atoms with Gasteiger partial charge in [0.15, 0.2) is 0 Å². The molecule has 0 spiro atoms. The van der Waals surface area contributed by atoms with Crippen LogP contribution in [0.1, 0.15) is 32.5 Å². The molecule has 170 valence electrons. The summed E-state index contributed by atoms with van der Waals surface area (Å²) in [7, 11) is 0. The molecule has 0 amide bonds. The van der Waals surface area contributed by atoms with Gasteiger partial charge in [-0.3, -0.25) is 9.98 Å². The van der Waals surface area contributed by atoms with Gasteiger partial charge < -0.3 is 27.5 Å². The average Bonchev–Trinajstić information content (AvgIpc) is 2.82. The fourth-order valence-corrected chi connectivity index (χ4v) is 3.15. The van der Waals surface area contributed by atoms with Gasteiger partial charge in [0, 0.05) is 42.2 Å². The zero-order valence-corrected chi connectivity index (χ0v) is 19.1. The third kappa shape index (κ3) is 6.16. The second-order valence-corrected chi connectivity index (χ2v) is 7.87. The lowest BCUT2D eigenvalue weighted by Crippen LogP contribution is -2.27. The molecule has 0 saturated carbocycles. The molecule has 0 aliphatic carbocycles. The maximum Gasteiger partial charge on any atom is 0.132 e. The molecular weight excluding hydrogens is 412 g/mol. The lowest BCUT2D eigenvalue weighted by Gasteiger charge is -2.23. The number of allylic oxidation sites excluding steroid dienone is 6. The van der Waals surface area contributed by atoms with Crippen LogP contribution < -0.4 is 22.1 Å². The van der Waals surface area contributed by atoms with Crippen molar-refractivity contribution in [3.8, 4) is 0 Å². The average molecular weight is 443 g/mol. The number of hydrogen-bond acceptors (Lipinski definition) is 7. The van der Waals surface area contributed by atoms with Crippen molar-refractivity contribution in [3.63, 3.8) is 0 Å². The van der Waals surface area contributed by atoms with E-state index in [-0.39, 0.29) is 12.0 Å². The molecule has 1 aromatic rings. The summed E-state index contributed by atoms with van der Waals surface area (Å²) in [4.78, 5) is 13.4. The molecule has 2 aliphatic heterocycles. The van der Waals surface area contributed by atoms with Crippen LogP contribution in [0.5, 0.6) is 0 Å². The van der Waals surface area contributed by atoms with Gasteiger partial charge in [-0.15, -0.1) is 0 Å². The Hall–Kier alpha value is -4.20. The Morgan fingerprint density at radius 3 is 2.67 bits per heavy atom. The maximum atomic E-state index is 7.52. The van der Waals surface area contributed by atoms with Gasteiger partial charge in [-0.2, -0.15) is 0 Å². The number of hydrogen-bond donors (Lipinski definition) is 5. The summed E-state index contributed by atoms with van der Waals surface area (Å²) in [5.74, 6) is 1.12. The Morgan fingerprint density at radius 1 is 1.18 bits per heavy atom. The molecule has 0 fully saturated rings. The number of nitrogens with zero attached hydrogens (tertiary/aromatic N) is 3. The predicted octanol–water partition coefficient (Wildman–Crippen LogP) is 3.34. The number of nitrogens with one attached hydrogen (secondary N) is 3. The Balaban J connectivity index is 1.75. The first-order chi connectivity index (χ1) is 15.9. The quantitative estimate of drug-likeness (QED) is 0.310. The van der Waals surface area contributed by atoms with E-state index in [1.54, 1.807) is 18.5 Å². The van der Waals surface area contributed by atoms with E-state index in [0.717, 1.165) is 33.8 Å². The van der Waals surface area contributed by atoms with Crippen LogP contribution in [0.15, 0.2) is 105 Å². The minimum absolute atomic E-state index is 0.0918. The van der Waals surface area contributed by atoms with E-state index in [0.29, 0.717) is 11.7 Å². The number of aliphatic imine (C=N–C) groups is 2. The highest BCUT2D eigenvalue weighted by atomic mass is 15.1. The number of dihydropyridines is 2. The van der Waals surface area contributed by atoms with E-state index in [2.05, 4.69) is 25.6 Å². The van der Waals surface area contributed by atoms with E-state index in [1.165, 1.54) is 12.4 Å². The van der Waals surface area contributed by atoms with Crippen LogP contribution >= 0.6 is 0 Å². The van der Waals surface area contributed by atoms with Crippen molar-refractivity contribution in [3.05, 3.63) is 101 Å². The molecule has 0 saturated heterocycles. The van der Waals surface area contributed by atoms with Crippen LogP contribution in [0.3, 0.4) is 0 Å². The highest BCUT2D eigenvalue weighted by molar-refractivity contribution is 5.97. The molecule has 8 nitrogen and oxygen atoms in total. The normalized spacial score (nSPS) is 17.9. The second-order valence-electron chi connectivity index (χ2n) is 7.87.